The van der Waals surface area contributed by atoms with Crippen molar-refractivity contribution in [2.75, 3.05) is 13.2 Å². The molecule has 0 aliphatic carbocycles. The molecule has 2 rings (SSSR count). The van der Waals surface area contributed by atoms with E-state index in [9.17, 15) is 9.59 Å². The maximum Gasteiger partial charge on any atom is 0.242 e. The van der Waals surface area contributed by atoms with E-state index in [0.717, 1.165) is 28.6 Å². The number of rotatable bonds is 12. The van der Waals surface area contributed by atoms with E-state index in [1.54, 1.807) is 11.8 Å². The van der Waals surface area contributed by atoms with Crippen LogP contribution in [-0.4, -0.2) is 35.9 Å². The highest BCUT2D eigenvalue weighted by Gasteiger charge is 2.25. The predicted molar refractivity (Wildman–Crippen MR) is 128 cm³/mol. The second-order valence-corrected chi connectivity index (χ2v) is 8.65. The summed E-state index contributed by atoms with van der Waals surface area (Å²) >= 11 is 3.43. The highest BCUT2D eigenvalue weighted by Crippen LogP contribution is 2.16. The van der Waals surface area contributed by atoms with Gasteiger partial charge in [0.2, 0.25) is 11.8 Å². The maximum atomic E-state index is 13.0. The number of nitrogens with one attached hydrogen (secondary N) is 1. The van der Waals surface area contributed by atoms with Crippen LogP contribution in [0.1, 0.15) is 50.7 Å². The van der Waals surface area contributed by atoms with Crippen molar-refractivity contribution in [2.45, 2.75) is 59.0 Å². The molecule has 168 valence electrons. The van der Waals surface area contributed by atoms with Gasteiger partial charge in [-0.3, -0.25) is 9.59 Å². The minimum atomic E-state index is -0.536. The molecule has 1 N–H and O–H groups in total. The largest absolute Gasteiger partial charge is 0.494 e. The third kappa shape index (κ3) is 8.74. The molecule has 2 aromatic rings. The summed E-state index contributed by atoms with van der Waals surface area (Å²) in [6.45, 7) is 7.39. The van der Waals surface area contributed by atoms with E-state index in [1.807, 2.05) is 55.5 Å². The monoisotopic (exact) mass is 488 g/mol. The summed E-state index contributed by atoms with van der Waals surface area (Å²) in [4.78, 5) is 27.3. The lowest BCUT2D eigenvalue weighted by atomic mass is 10.1. The highest BCUT2D eigenvalue weighted by molar-refractivity contribution is 9.10. The molecule has 2 aromatic carbocycles. The Morgan fingerprint density at radius 2 is 1.74 bits per heavy atom. The van der Waals surface area contributed by atoms with E-state index >= 15 is 0 Å². The van der Waals surface area contributed by atoms with Gasteiger partial charge in [0.05, 0.1) is 6.61 Å². The topological polar surface area (TPSA) is 58.6 Å². The van der Waals surface area contributed by atoms with E-state index in [-0.39, 0.29) is 11.8 Å². The van der Waals surface area contributed by atoms with E-state index in [2.05, 4.69) is 28.2 Å². The van der Waals surface area contributed by atoms with Gasteiger partial charge in [0, 0.05) is 24.0 Å². The number of carbonyl (C=O) groups excluding carboxylic acids is 2. The minimum Gasteiger partial charge on any atom is -0.494 e. The number of carbonyl (C=O) groups is 2. The van der Waals surface area contributed by atoms with Crippen molar-refractivity contribution in [3.05, 3.63) is 64.1 Å². The lowest BCUT2D eigenvalue weighted by molar-refractivity contribution is -0.140. The summed E-state index contributed by atoms with van der Waals surface area (Å²) in [5, 5.41) is 2.94. The zero-order valence-electron chi connectivity index (χ0n) is 18.7. The second-order valence-electron chi connectivity index (χ2n) is 7.73. The Hall–Kier alpha value is -2.34. The van der Waals surface area contributed by atoms with E-state index in [4.69, 9.17) is 4.74 Å². The molecule has 0 aliphatic rings. The van der Waals surface area contributed by atoms with Gasteiger partial charge in [-0.05, 0) is 56.5 Å². The summed E-state index contributed by atoms with van der Waals surface area (Å²) in [7, 11) is 0. The molecule has 0 saturated heterocycles. The molecule has 2 amide bonds. The van der Waals surface area contributed by atoms with Crippen molar-refractivity contribution in [3.8, 4) is 5.75 Å². The van der Waals surface area contributed by atoms with Gasteiger partial charge in [0.15, 0.2) is 0 Å². The summed E-state index contributed by atoms with van der Waals surface area (Å²) in [5.74, 6) is 0.636. The fourth-order valence-electron chi connectivity index (χ4n) is 3.10. The zero-order chi connectivity index (χ0) is 22.6. The zero-order valence-corrected chi connectivity index (χ0v) is 20.3. The molecule has 0 saturated carbocycles. The van der Waals surface area contributed by atoms with Gasteiger partial charge in [-0.2, -0.15) is 0 Å². The lowest BCUT2D eigenvalue weighted by Crippen LogP contribution is -2.47. The Kier molecular flexibility index (Phi) is 10.6. The third-order valence-electron chi connectivity index (χ3n) is 5.09. The van der Waals surface area contributed by atoms with E-state index in [1.165, 1.54) is 5.56 Å². The van der Waals surface area contributed by atoms with Gasteiger partial charge < -0.3 is 15.0 Å². The molecule has 0 aliphatic heterocycles. The van der Waals surface area contributed by atoms with Crippen molar-refractivity contribution in [3.63, 3.8) is 0 Å². The molecule has 0 spiro atoms. The fourth-order valence-corrected chi connectivity index (χ4v) is 3.36. The smallest absolute Gasteiger partial charge is 0.242 e. The highest BCUT2D eigenvalue weighted by atomic mass is 79.9. The molecule has 0 radical (unpaired) electrons. The first kappa shape index (κ1) is 24.9. The number of halogens is 1. The van der Waals surface area contributed by atoms with Crippen LogP contribution in [-0.2, 0) is 16.1 Å². The first-order valence-electron chi connectivity index (χ1n) is 10.9. The summed E-state index contributed by atoms with van der Waals surface area (Å²) in [6, 6.07) is 15.1. The number of ether oxygens (including phenoxy) is 1. The van der Waals surface area contributed by atoms with Gasteiger partial charge in [0.1, 0.15) is 11.8 Å². The number of unbranched alkanes of at least 4 members (excludes halogenated alkanes) is 1. The van der Waals surface area contributed by atoms with Crippen LogP contribution >= 0.6 is 15.9 Å². The number of aryl methyl sites for hydroxylation is 1. The summed E-state index contributed by atoms with van der Waals surface area (Å²) in [5.41, 5.74) is 2.16. The molecular weight excluding hydrogens is 456 g/mol. The number of benzene rings is 2. The molecule has 1 atom stereocenters. The van der Waals surface area contributed by atoms with Crippen LogP contribution in [0.15, 0.2) is 53.0 Å². The van der Waals surface area contributed by atoms with Gasteiger partial charge in [-0.15, -0.1) is 0 Å². The molecular formula is C25H33BrN2O3. The van der Waals surface area contributed by atoms with Crippen molar-refractivity contribution >= 4 is 27.7 Å². The number of hydrogen-bond acceptors (Lipinski definition) is 3. The number of amides is 2. The third-order valence-corrected chi connectivity index (χ3v) is 5.62. The predicted octanol–water partition coefficient (Wildman–Crippen LogP) is 5.25. The first-order chi connectivity index (χ1) is 14.9. The molecule has 6 heteroatoms. The molecule has 0 unspecified atom stereocenters. The molecule has 31 heavy (non-hydrogen) atoms. The van der Waals surface area contributed by atoms with E-state index in [0.29, 0.717) is 32.5 Å². The second kappa shape index (κ2) is 13.2. The van der Waals surface area contributed by atoms with Crippen molar-refractivity contribution in [1.29, 1.82) is 0 Å². The average Bonchev–Trinajstić information content (AvgIpc) is 2.77. The molecule has 0 aromatic heterocycles. The quantitative estimate of drug-likeness (QED) is 0.415. The Labute approximate surface area is 194 Å². The van der Waals surface area contributed by atoms with Gasteiger partial charge in [-0.1, -0.05) is 59.1 Å². The van der Waals surface area contributed by atoms with Crippen LogP contribution in [0, 0.1) is 6.92 Å². The summed E-state index contributed by atoms with van der Waals surface area (Å²) in [6.07, 6.45) is 2.86. The van der Waals surface area contributed by atoms with Crippen LogP contribution < -0.4 is 10.1 Å². The minimum absolute atomic E-state index is 0.0476. The van der Waals surface area contributed by atoms with Crippen LogP contribution in [0.3, 0.4) is 0 Å². The van der Waals surface area contributed by atoms with Crippen LogP contribution in [0.2, 0.25) is 0 Å². The van der Waals surface area contributed by atoms with Gasteiger partial charge in [0.25, 0.3) is 0 Å². The first-order valence-corrected chi connectivity index (χ1v) is 11.7. The van der Waals surface area contributed by atoms with Crippen LogP contribution in [0.5, 0.6) is 5.75 Å². The maximum absolute atomic E-state index is 13.0. The SMILES string of the molecule is CCCCNC(=O)[C@@H](C)N(Cc1ccc(Br)cc1)C(=O)CCCOc1ccc(C)cc1. The fraction of sp³-hybridized carbons (Fsp3) is 0.440. The Bertz CT molecular complexity index is 822. The van der Waals surface area contributed by atoms with Gasteiger partial charge >= 0.3 is 0 Å². The molecule has 0 fully saturated rings. The number of hydrogen-bond donors (Lipinski definition) is 1. The van der Waals surface area contributed by atoms with Crippen LogP contribution in [0.25, 0.3) is 0 Å². The van der Waals surface area contributed by atoms with Crippen molar-refractivity contribution in [2.24, 2.45) is 0 Å². The van der Waals surface area contributed by atoms with E-state index < -0.39 is 6.04 Å². The molecule has 0 heterocycles. The Morgan fingerprint density at radius 1 is 1.06 bits per heavy atom. The lowest BCUT2D eigenvalue weighted by Gasteiger charge is -2.29. The standard InChI is InChI=1S/C25H33BrN2O3/c1-4-5-16-27-25(30)20(3)28(18-21-10-12-22(26)13-11-21)24(29)7-6-17-31-23-14-8-19(2)9-15-23/h8-15,20H,4-7,16-18H2,1-3H3,(H,27,30)/t20-/m1/s1. The Morgan fingerprint density at radius 3 is 2.39 bits per heavy atom. The summed E-state index contributed by atoms with van der Waals surface area (Å²) < 4.78 is 6.72. The Balaban J connectivity index is 1.96. The van der Waals surface area contributed by atoms with Crippen molar-refractivity contribution < 1.29 is 14.3 Å². The number of nitrogens with zero attached hydrogens (tertiary/aromatic N) is 1. The van der Waals surface area contributed by atoms with Crippen LogP contribution in [0.4, 0.5) is 0 Å². The normalized spacial score (nSPS) is 11.6. The molecule has 0 bridgehead atoms. The average molecular weight is 489 g/mol. The van der Waals surface area contributed by atoms with Gasteiger partial charge in [-0.25, -0.2) is 0 Å². The molecule has 5 nitrogen and oxygen atoms in total. The van der Waals surface area contributed by atoms with Crippen molar-refractivity contribution in [1.82, 2.24) is 10.2 Å².